The third-order valence-electron chi connectivity index (χ3n) is 4.34. The van der Waals surface area contributed by atoms with Gasteiger partial charge < -0.3 is 4.74 Å². The van der Waals surface area contributed by atoms with Gasteiger partial charge in [0, 0.05) is 12.1 Å². The van der Waals surface area contributed by atoms with Crippen LogP contribution in [-0.4, -0.2) is 43.7 Å². The van der Waals surface area contributed by atoms with Crippen molar-refractivity contribution in [2.24, 2.45) is 0 Å². The van der Waals surface area contributed by atoms with Crippen molar-refractivity contribution in [3.63, 3.8) is 0 Å². The summed E-state index contributed by atoms with van der Waals surface area (Å²) in [7, 11) is 1.65. The van der Waals surface area contributed by atoms with Crippen LogP contribution in [0.5, 0.6) is 5.75 Å². The maximum Gasteiger partial charge on any atom is 0.236 e. The number of rotatable bonds is 8. The normalized spacial score (nSPS) is 10.8. The van der Waals surface area contributed by atoms with E-state index in [1.54, 1.807) is 7.11 Å². The summed E-state index contributed by atoms with van der Waals surface area (Å²) in [5.41, 5.74) is 2.03. The van der Waals surface area contributed by atoms with Gasteiger partial charge in [0.2, 0.25) is 11.0 Å². The van der Waals surface area contributed by atoms with Gasteiger partial charge in [0.05, 0.1) is 12.9 Å². The second-order valence-electron chi connectivity index (χ2n) is 6.56. The zero-order valence-electron chi connectivity index (χ0n) is 17.0. The smallest absolute Gasteiger partial charge is 0.236 e. The number of anilines is 1. The molecule has 0 atom stereocenters. The Hall–Kier alpha value is -3.24. The average molecular weight is 453 g/mol. The molecule has 0 aliphatic heterocycles. The molecule has 0 unspecified atom stereocenters. The molecule has 2 heterocycles. The summed E-state index contributed by atoms with van der Waals surface area (Å²) >= 11 is 2.67. The number of aryl methyl sites for hydroxylation is 1. The van der Waals surface area contributed by atoms with Gasteiger partial charge in [-0.15, -0.1) is 20.4 Å². The monoisotopic (exact) mass is 452 g/mol. The highest BCUT2D eigenvalue weighted by Crippen LogP contribution is 2.24. The van der Waals surface area contributed by atoms with Crippen LogP contribution in [0.1, 0.15) is 16.4 Å². The van der Waals surface area contributed by atoms with Crippen molar-refractivity contribution >= 4 is 34.1 Å². The Morgan fingerprint density at radius 1 is 1.06 bits per heavy atom. The summed E-state index contributed by atoms with van der Waals surface area (Å²) in [6.07, 6.45) is 0.600. The summed E-state index contributed by atoms with van der Waals surface area (Å²) in [5, 5.41) is 21.3. The first kappa shape index (κ1) is 21.0. The lowest BCUT2D eigenvalue weighted by molar-refractivity contribution is -0.113. The largest absolute Gasteiger partial charge is 0.497 e. The molecule has 4 aromatic rings. The minimum Gasteiger partial charge on any atom is -0.497 e. The molecule has 0 saturated carbocycles. The van der Waals surface area contributed by atoms with E-state index >= 15 is 0 Å². The summed E-state index contributed by atoms with van der Waals surface area (Å²) < 4.78 is 7.22. The fourth-order valence-electron chi connectivity index (χ4n) is 2.90. The molecule has 0 fully saturated rings. The van der Waals surface area contributed by atoms with Gasteiger partial charge in [-0.2, -0.15) is 0 Å². The molecule has 0 aliphatic rings. The van der Waals surface area contributed by atoms with Crippen molar-refractivity contribution in [1.29, 1.82) is 0 Å². The van der Waals surface area contributed by atoms with Crippen molar-refractivity contribution in [2.75, 3.05) is 18.2 Å². The number of amides is 1. The Bertz CT molecular complexity index is 1160. The highest BCUT2D eigenvalue weighted by molar-refractivity contribution is 7.99. The first-order chi connectivity index (χ1) is 15.1. The van der Waals surface area contributed by atoms with E-state index in [4.69, 9.17) is 4.74 Å². The Balaban J connectivity index is 1.53. The van der Waals surface area contributed by atoms with Crippen LogP contribution in [0, 0.1) is 6.92 Å². The molecule has 10 heteroatoms. The summed E-state index contributed by atoms with van der Waals surface area (Å²) in [6, 6.07) is 17.7. The molecule has 0 spiro atoms. The topological polar surface area (TPSA) is 94.8 Å². The van der Waals surface area contributed by atoms with Crippen molar-refractivity contribution in [1.82, 2.24) is 25.0 Å². The molecule has 0 saturated heterocycles. The number of para-hydroxylation sites is 1. The first-order valence-electron chi connectivity index (χ1n) is 9.48. The van der Waals surface area contributed by atoms with Crippen LogP contribution >= 0.6 is 23.1 Å². The van der Waals surface area contributed by atoms with Gasteiger partial charge in [0.15, 0.2) is 5.16 Å². The van der Waals surface area contributed by atoms with Gasteiger partial charge in [-0.1, -0.05) is 53.4 Å². The van der Waals surface area contributed by atoms with E-state index in [2.05, 4.69) is 25.7 Å². The van der Waals surface area contributed by atoms with Crippen LogP contribution in [0.4, 0.5) is 5.13 Å². The second kappa shape index (κ2) is 9.71. The third-order valence-corrected chi connectivity index (χ3v) is 6.02. The van der Waals surface area contributed by atoms with Gasteiger partial charge in [-0.25, -0.2) is 0 Å². The van der Waals surface area contributed by atoms with E-state index < -0.39 is 0 Å². The van der Waals surface area contributed by atoms with E-state index in [1.807, 2.05) is 66.1 Å². The van der Waals surface area contributed by atoms with Crippen LogP contribution in [0.15, 0.2) is 59.8 Å². The molecule has 1 N–H and O–H groups in total. The summed E-state index contributed by atoms with van der Waals surface area (Å²) in [6.45, 7) is 1.84. The Labute approximate surface area is 187 Å². The maximum atomic E-state index is 12.3. The van der Waals surface area contributed by atoms with Crippen molar-refractivity contribution in [3.8, 4) is 11.4 Å². The first-order valence-corrected chi connectivity index (χ1v) is 11.3. The van der Waals surface area contributed by atoms with Crippen molar-refractivity contribution in [2.45, 2.75) is 18.5 Å². The van der Waals surface area contributed by atoms with E-state index in [-0.39, 0.29) is 11.7 Å². The van der Waals surface area contributed by atoms with Crippen LogP contribution in [0.3, 0.4) is 0 Å². The molecule has 1 amide bonds. The lowest BCUT2D eigenvalue weighted by atomic mass is 10.1. The van der Waals surface area contributed by atoms with Gasteiger partial charge in [-0.05, 0) is 36.8 Å². The van der Waals surface area contributed by atoms with Gasteiger partial charge >= 0.3 is 0 Å². The highest BCUT2D eigenvalue weighted by Gasteiger charge is 2.17. The second-order valence-corrected chi connectivity index (χ2v) is 8.68. The molecular formula is C21H20N6O2S2. The number of carbonyl (C=O) groups is 1. The molecule has 2 aromatic carbocycles. The number of benzene rings is 2. The lowest BCUT2D eigenvalue weighted by Crippen LogP contribution is -2.14. The number of nitrogens with one attached hydrogen (secondary N) is 1. The van der Waals surface area contributed by atoms with Crippen molar-refractivity contribution < 1.29 is 9.53 Å². The molecule has 0 aliphatic carbocycles. The van der Waals surface area contributed by atoms with Gasteiger partial charge in [-0.3, -0.25) is 14.7 Å². The number of ether oxygens (including phenoxy) is 1. The van der Waals surface area contributed by atoms with Crippen LogP contribution < -0.4 is 10.1 Å². The Kier molecular flexibility index (Phi) is 6.58. The maximum absolute atomic E-state index is 12.3. The molecule has 2 aromatic heterocycles. The molecule has 0 bridgehead atoms. The number of aromatic nitrogens is 5. The zero-order valence-corrected chi connectivity index (χ0v) is 18.6. The lowest BCUT2D eigenvalue weighted by Gasteiger charge is -2.10. The molecule has 8 nitrogen and oxygen atoms in total. The number of methoxy groups -OCH3 is 1. The number of hydrogen-bond donors (Lipinski definition) is 1. The van der Waals surface area contributed by atoms with Gasteiger partial charge in [0.25, 0.3) is 0 Å². The SMILES string of the molecule is COc1ccc(Cc2nnc(SCC(=O)Nc3nnc(C)s3)n2-c2ccccc2)cc1. The fourth-order valence-corrected chi connectivity index (χ4v) is 4.28. The quantitative estimate of drug-likeness (QED) is 0.407. The Morgan fingerprint density at radius 3 is 2.52 bits per heavy atom. The predicted molar refractivity (Wildman–Crippen MR) is 121 cm³/mol. The predicted octanol–water partition coefficient (Wildman–Crippen LogP) is 3.76. The minimum absolute atomic E-state index is 0.166. The molecule has 158 valence electrons. The summed E-state index contributed by atoms with van der Waals surface area (Å²) in [5.74, 6) is 1.62. The number of carbonyl (C=O) groups excluding carboxylic acids is 1. The molecule has 4 rings (SSSR count). The molecule has 0 radical (unpaired) electrons. The standard InChI is InChI=1S/C21H20N6O2S2/c1-14-23-25-20(31-14)22-19(28)13-30-21-26-24-18(27(21)16-6-4-3-5-7-16)12-15-8-10-17(29-2)11-9-15/h3-11H,12-13H2,1-2H3,(H,22,25,28). The van der Waals surface area contributed by atoms with Gasteiger partial charge in [0.1, 0.15) is 16.6 Å². The van der Waals surface area contributed by atoms with E-state index in [9.17, 15) is 4.79 Å². The zero-order chi connectivity index (χ0) is 21.6. The number of hydrogen-bond acceptors (Lipinski definition) is 8. The molecule has 31 heavy (non-hydrogen) atoms. The average Bonchev–Trinajstić information content (AvgIpc) is 3.39. The highest BCUT2D eigenvalue weighted by atomic mass is 32.2. The summed E-state index contributed by atoms with van der Waals surface area (Å²) in [4.78, 5) is 12.3. The van der Waals surface area contributed by atoms with E-state index in [0.29, 0.717) is 16.7 Å². The van der Waals surface area contributed by atoms with E-state index in [0.717, 1.165) is 27.8 Å². The van der Waals surface area contributed by atoms with Crippen LogP contribution in [0.2, 0.25) is 0 Å². The van der Waals surface area contributed by atoms with Crippen LogP contribution in [-0.2, 0) is 11.2 Å². The molecular weight excluding hydrogens is 432 g/mol. The van der Waals surface area contributed by atoms with Crippen molar-refractivity contribution in [3.05, 3.63) is 71.0 Å². The van der Waals surface area contributed by atoms with Crippen LogP contribution in [0.25, 0.3) is 5.69 Å². The minimum atomic E-state index is -0.166. The Morgan fingerprint density at radius 2 is 1.84 bits per heavy atom. The number of thioether (sulfide) groups is 1. The number of nitrogens with zero attached hydrogens (tertiary/aromatic N) is 5. The third kappa shape index (κ3) is 5.28. The fraction of sp³-hybridized carbons (Fsp3) is 0.190. The van der Waals surface area contributed by atoms with E-state index in [1.165, 1.54) is 23.1 Å².